The molecular formula is C13H12Cl2N2O2S. The fourth-order valence-electron chi connectivity index (χ4n) is 1.74. The third kappa shape index (κ3) is 3.30. The molecule has 0 unspecified atom stereocenters. The maximum Gasteiger partial charge on any atom is 0.182 e. The van der Waals surface area contributed by atoms with Crippen molar-refractivity contribution >= 4 is 33.0 Å². The van der Waals surface area contributed by atoms with Gasteiger partial charge in [-0.2, -0.15) is 0 Å². The minimum absolute atomic E-state index is 0.124. The topological polar surface area (TPSA) is 73.0 Å². The van der Waals surface area contributed by atoms with Crippen LogP contribution in [0.5, 0.6) is 0 Å². The molecule has 1 aromatic carbocycles. The Hall–Kier alpha value is -1.14. The SMILES string of the molecule is NCc1ncccc1CS(=O)(=O)c1ccc(Cl)c(Cl)c1. The minimum Gasteiger partial charge on any atom is -0.325 e. The molecule has 1 heterocycles. The van der Waals surface area contributed by atoms with E-state index in [0.717, 1.165) is 0 Å². The van der Waals surface area contributed by atoms with Crippen molar-refractivity contribution < 1.29 is 8.42 Å². The Morgan fingerprint density at radius 3 is 2.55 bits per heavy atom. The van der Waals surface area contributed by atoms with Crippen LogP contribution < -0.4 is 5.73 Å². The molecular weight excluding hydrogens is 319 g/mol. The van der Waals surface area contributed by atoms with Gasteiger partial charge in [-0.25, -0.2) is 8.42 Å². The molecule has 0 atom stereocenters. The maximum absolute atomic E-state index is 12.4. The number of benzene rings is 1. The predicted octanol–water partition coefficient (Wildman–Crippen LogP) is 2.82. The molecule has 0 fully saturated rings. The lowest BCUT2D eigenvalue weighted by Gasteiger charge is -2.08. The van der Waals surface area contributed by atoms with Gasteiger partial charge in [0, 0.05) is 12.7 Å². The average Bonchev–Trinajstić information content (AvgIpc) is 2.42. The van der Waals surface area contributed by atoms with Gasteiger partial charge in [0.15, 0.2) is 9.84 Å². The fourth-order valence-corrected chi connectivity index (χ4v) is 3.52. The van der Waals surface area contributed by atoms with Crippen LogP contribution in [0.15, 0.2) is 41.4 Å². The smallest absolute Gasteiger partial charge is 0.182 e. The van der Waals surface area contributed by atoms with Gasteiger partial charge in [0.2, 0.25) is 0 Å². The van der Waals surface area contributed by atoms with Gasteiger partial charge >= 0.3 is 0 Å². The second kappa shape index (κ2) is 6.10. The van der Waals surface area contributed by atoms with E-state index in [0.29, 0.717) is 16.3 Å². The lowest BCUT2D eigenvalue weighted by atomic mass is 10.2. The lowest BCUT2D eigenvalue weighted by Crippen LogP contribution is -2.10. The van der Waals surface area contributed by atoms with Crippen molar-refractivity contribution in [2.24, 2.45) is 5.73 Å². The number of hydrogen-bond donors (Lipinski definition) is 1. The summed E-state index contributed by atoms with van der Waals surface area (Å²) in [5, 5.41) is 0.521. The van der Waals surface area contributed by atoms with Crippen molar-refractivity contribution in [1.82, 2.24) is 4.98 Å². The molecule has 0 aliphatic rings. The molecule has 7 heteroatoms. The summed E-state index contributed by atoms with van der Waals surface area (Å²) in [6.45, 7) is 0.188. The Bertz CT molecular complexity index is 733. The van der Waals surface area contributed by atoms with Crippen molar-refractivity contribution in [2.75, 3.05) is 0 Å². The van der Waals surface area contributed by atoms with Gasteiger partial charge in [0.1, 0.15) is 0 Å². The first-order valence-corrected chi connectivity index (χ1v) is 8.15. The quantitative estimate of drug-likeness (QED) is 0.935. The van der Waals surface area contributed by atoms with Crippen LogP contribution in [0.2, 0.25) is 10.0 Å². The van der Waals surface area contributed by atoms with E-state index in [1.54, 1.807) is 18.3 Å². The highest BCUT2D eigenvalue weighted by Gasteiger charge is 2.18. The van der Waals surface area contributed by atoms with E-state index < -0.39 is 9.84 Å². The van der Waals surface area contributed by atoms with Crippen LogP contribution in [-0.4, -0.2) is 13.4 Å². The molecule has 2 rings (SSSR count). The molecule has 0 spiro atoms. The van der Waals surface area contributed by atoms with Crippen molar-refractivity contribution in [1.29, 1.82) is 0 Å². The zero-order valence-corrected chi connectivity index (χ0v) is 12.7. The molecule has 4 nitrogen and oxygen atoms in total. The fraction of sp³-hybridized carbons (Fsp3) is 0.154. The number of nitrogens with zero attached hydrogens (tertiary/aromatic N) is 1. The van der Waals surface area contributed by atoms with E-state index in [2.05, 4.69) is 4.98 Å². The van der Waals surface area contributed by atoms with Gasteiger partial charge in [-0.05, 0) is 29.8 Å². The van der Waals surface area contributed by atoms with Gasteiger partial charge in [0.05, 0.1) is 26.4 Å². The number of rotatable bonds is 4. The minimum atomic E-state index is -3.52. The monoisotopic (exact) mass is 330 g/mol. The molecule has 0 aliphatic heterocycles. The van der Waals surface area contributed by atoms with Crippen molar-refractivity contribution in [2.45, 2.75) is 17.2 Å². The number of pyridine rings is 1. The summed E-state index contributed by atoms with van der Waals surface area (Å²) >= 11 is 11.6. The summed E-state index contributed by atoms with van der Waals surface area (Å²) in [6, 6.07) is 7.62. The largest absolute Gasteiger partial charge is 0.325 e. The second-order valence-electron chi connectivity index (χ2n) is 4.15. The van der Waals surface area contributed by atoms with Crippen LogP contribution in [0.25, 0.3) is 0 Å². The molecule has 2 aromatic rings. The van der Waals surface area contributed by atoms with E-state index in [1.165, 1.54) is 18.2 Å². The Kier molecular flexibility index (Phi) is 4.65. The molecule has 0 saturated heterocycles. The normalized spacial score (nSPS) is 11.6. The highest BCUT2D eigenvalue weighted by atomic mass is 35.5. The number of halogens is 2. The molecule has 0 radical (unpaired) electrons. The van der Waals surface area contributed by atoms with Crippen molar-refractivity contribution in [3.63, 3.8) is 0 Å². The molecule has 0 saturated carbocycles. The van der Waals surface area contributed by atoms with Gasteiger partial charge in [0.25, 0.3) is 0 Å². The standard InChI is InChI=1S/C13H12Cl2N2O2S/c14-11-4-3-10(6-12(11)15)20(18,19)8-9-2-1-5-17-13(9)7-16/h1-6H,7-8,16H2. The van der Waals surface area contributed by atoms with Crippen molar-refractivity contribution in [3.8, 4) is 0 Å². The van der Waals surface area contributed by atoms with Crippen LogP contribution in [0.1, 0.15) is 11.3 Å². The van der Waals surface area contributed by atoms with Gasteiger partial charge < -0.3 is 5.73 Å². The van der Waals surface area contributed by atoms with E-state index in [-0.39, 0.29) is 22.2 Å². The lowest BCUT2D eigenvalue weighted by molar-refractivity contribution is 0.595. The van der Waals surface area contributed by atoms with Crippen LogP contribution in [0.4, 0.5) is 0 Å². The van der Waals surface area contributed by atoms with Crippen LogP contribution in [0.3, 0.4) is 0 Å². The molecule has 20 heavy (non-hydrogen) atoms. The molecule has 106 valence electrons. The second-order valence-corrected chi connectivity index (χ2v) is 6.95. The summed E-state index contributed by atoms with van der Waals surface area (Å²) in [5.74, 6) is -0.175. The van der Waals surface area contributed by atoms with Crippen LogP contribution >= 0.6 is 23.2 Å². The van der Waals surface area contributed by atoms with Gasteiger partial charge in [-0.15, -0.1) is 0 Å². The summed E-state index contributed by atoms with van der Waals surface area (Å²) in [5.41, 5.74) is 6.71. The van der Waals surface area contributed by atoms with Crippen LogP contribution in [-0.2, 0) is 22.1 Å². The zero-order valence-electron chi connectivity index (χ0n) is 10.4. The van der Waals surface area contributed by atoms with E-state index in [4.69, 9.17) is 28.9 Å². The third-order valence-electron chi connectivity index (χ3n) is 2.77. The molecule has 0 aliphatic carbocycles. The number of nitrogens with two attached hydrogens (primary N) is 1. The number of sulfone groups is 1. The first-order chi connectivity index (χ1) is 9.44. The van der Waals surface area contributed by atoms with Crippen LogP contribution in [0, 0.1) is 0 Å². The molecule has 0 bridgehead atoms. The first-order valence-electron chi connectivity index (χ1n) is 5.74. The summed E-state index contributed by atoms with van der Waals surface area (Å²) in [6.07, 6.45) is 1.58. The summed E-state index contributed by atoms with van der Waals surface area (Å²) in [7, 11) is -3.52. The maximum atomic E-state index is 12.4. The summed E-state index contributed by atoms with van der Waals surface area (Å²) < 4.78 is 24.7. The van der Waals surface area contributed by atoms with E-state index >= 15 is 0 Å². The highest BCUT2D eigenvalue weighted by molar-refractivity contribution is 7.90. The Morgan fingerprint density at radius 2 is 1.90 bits per heavy atom. The first kappa shape index (κ1) is 15.3. The molecule has 1 aromatic heterocycles. The summed E-state index contributed by atoms with van der Waals surface area (Å²) in [4.78, 5) is 4.19. The highest BCUT2D eigenvalue weighted by Crippen LogP contribution is 2.26. The van der Waals surface area contributed by atoms with Gasteiger partial charge in [-0.1, -0.05) is 29.3 Å². The van der Waals surface area contributed by atoms with Crippen molar-refractivity contribution in [3.05, 3.63) is 57.8 Å². The number of hydrogen-bond acceptors (Lipinski definition) is 4. The van der Waals surface area contributed by atoms with Gasteiger partial charge in [-0.3, -0.25) is 4.98 Å². The Morgan fingerprint density at radius 1 is 1.15 bits per heavy atom. The molecule has 2 N–H and O–H groups in total. The number of aromatic nitrogens is 1. The Labute approximate surface area is 127 Å². The zero-order chi connectivity index (χ0) is 14.8. The van der Waals surface area contributed by atoms with E-state index in [9.17, 15) is 8.42 Å². The predicted molar refractivity (Wildman–Crippen MR) is 79.5 cm³/mol. The Balaban J connectivity index is 2.38. The van der Waals surface area contributed by atoms with E-state index in [1.807, 2.05) is 0 Å². The molecule has 0 amide bonds. The average molecular weight is 331 g/mol. The third-order valence-corrected chi connectivity index (χ3v) is 5.18.